The van der Waals surface area contributed by atoms with Crippen LogP contribution in [0.1, 0.15) is 310 Å². The third-order valence-electron chi connectivity index (χ3n) is 12.5. The summed E-state index contributed by atoms with van der Waals surface area (Å²) in [6.07, 6.45) is 52.3. The molecule has 0 radical (unpaired) electrons. The third-order valence-corrected chi connectivity index (χ3v) is 12.5. The van der Waals surface area contributed by atoms with Gasteiger partial charge in [0.05, 0.1) is 0 Å². The molecule has 0 saturated heterocycles. The highest BCUT2D eigenvalue weighted by Crippen LogP contribution is 2.17. The van der Waals surface area contributed by atoms with Gasteiger partial charge in [-0.05, 0) is 25.2 Å². The molecular weight excluding hydrogens is 757 g/mol. The molecule has 0 rings (SSSR count). The Balaban J connectivity index is 4.28. The van der Waals surface area contributed by atoms with Crippen molar-refractivity contribution in [1.82, 2.24) is 0 Å². The van der Waals surface area contributed by atoms with Crippen molar-refractivity contribution in [2.45, 2.75) is 316 Å². The van der Waals surface area contributed by atoms with Gasteiger partial charge in [-0.1, -0.05) is 272 Å². The van der Waals surface area contributed by atoms with Crippen LogP contribution in [0.15, 0.2) is 0 Å². The first kappa shape index (κ1) is 59.4. The smallest absolute Gasteiger partial charge is 0.306 e. The number of rotatable bonds is 50. The first-order valence-electron chi connectivity index (χ1n) is 27.4. The predicted molar refractivity (Wildman–Crippen MR) is 261 cm³/mol. The summed E-state index contributed by atoms with van der Waals surface area (Å²) in [5.41, 5.74) is 0. The van der Waals surface area contributed by atoms with Crippen LogP contribution in [0.4, 0.5) is 0 Å². The van der Waals surface area contributed by atoms with Gasteiger partial charge >= 0.3 is 17.9 Å². The highest BCUT2D eigenvalue weighted by molar-refractivity contribution is 5.71. The lowest BCUT2D eigenvalue weighted by Crippen LogP contribution is -2.30. The summed E-state index contributed by atoms with van der Waals surface area (Å²) in [5.74, 6) is -0.0219. The molecule has 6 heteroatoms. The van der Waals surface area contributed by atoms with Crippen LogP contribution in [0.5, 0.6) is 0 Å². The van der Waals surface area contributed by atoms with Crippen molar-refractivity contribution in [1.29, 1.82) is 0 Å². The lowest BCUT2D eigenvalue weighted by Gasteiger charge is -2.18. The van der Waals surface area contributed by atoms with Crippen LogP contribution in [0, 0.1) is 5.92 Å². The van der Waals surface area contributed by atoms with Crippen molar-refractivity contribution in [3.63, 3.8) is 0 Å². The molecule has 0 aliphatic heterocycles. The molecule has 0 aromatic heterocycles. The Morgan fingerprint density at radius 2 is 0.541 bits per heavy atom. The molecule has 0 N–H and O–H groups in total. The van der Waals surface area contributed by atoms with Crippen LogP contribution in [-0.4, -0.2) is 37.2 Å². The fraction of sp³-hybridized carbons (Fsp3) is 0.945. The average molecular weight is 863 g/mol. The van der Waals surface area contributed by atoms with Crippen molar-refractivity contribution in [3.8, 4) is 0 Å². The molecule has 61 heavy (non-hydrogen) atoms. The molecule has 0 aliphatic carbocycles. The van der Waals surface area contributed by atoms with Crippen molar-refractivity contribution < 1.29 is 28.6 Å². The van der Waals surface area contributed by atoms with E-state index in [1.54, 1.807) is 0 Å². The third kappa shape index (κ3) is 49.3. The SMILES string of the molecule is CCCCCCCCCCCCCCCCCCCC(=O)OC[C@H](COC(=O)CCCCCCCCCCCCC(C)C)OC(=O)CCCCCCCCCCCCCCC. The van der Waals surface area contributed by atoms with Gasteiger partial charge in [0.25, 0.3) is 0 Å². The van der Waals surface area contributed by atoms with Gasteiger partial charge in [-0.15, -0.1) is 0 Å². The van der Waals surface area contributed by atoms with Crippen LogP contribution >= 0.6 is 0 Å². The van der Waals surface area contributed by atoms with Gasteiger partial charge in [-0.2, -0.15) is 0 Å². The summed E-state index contributed by atoms with van der Waals surface area (Å²) in [5, 5.41) is 0. The van der Waals surface area contributed by atoms with E-state index in [0.717, 1.165) is 63.7 Å². The lowest BCUT2D eigenvalue weighted by molar-refractivity contribution is -0.167. The van der Waals surface area contributed by atoms with E-state index in [0.29, 0.717) is 19.3 Å². The van der Waals surface area contributed by atoms with Crippen LogP contribution in [0.3, 0.4) is 0 Å². The summed E-state index contributed by atoms with van der Waals surface area (Å²) in [6, 6.07) is 0. The maximum absolute atomic E-state index is 12.8. The predicted octanol–water partition coefficient (Wildman–Crippen LogP) is 17.8. The number of esters is 3. The van der Waals surface area contributed by atoms with Gasteiger partial charge in [-0.25, -0.2) is 0 Å². The van der Waals surface area contributed by atoms with Gasteiger partial charge in [0.1, 0.15) is 13.2 Å². The number of hydrogen-bond acceptors (Lipinski definition) is 6. The summed E-state index contributed by atoms with van der Waals surface area (Å²) >= 11 is 0. The van der Waals surface area contributed by atoms with Gasteiger partial charge in [0.2, 0.25) is 0 Å². The van der Waals surface area contributed by atoms with E-state index < -0.39 is 6.10 Å². The van der Waals surface area contributed by atoms with E-state index in [9.17, 15) is 14.4 Å². The molecule has 362 valence electrons. The number of hydrogen-bond donors (Lipinski definition) is 0. The van der Waals surface area contributed by atoms with Gasteiger partial charge in [0, 0.05) is 19.3 Å². The summed E-state index contributed by atoms with van der Waals surface area (Å²) in [7, 11) is 0. The standard InChI is InChI=1S/C55H106O6/c1-5-7-9-11-13-15-17-19-20-21-22-24-25-30-34-38-42-46-53(56)59-49-52(61-55(58)48-44-40-36-32-26-23-18-16-14-12-10-8-6-2)50-60-54(57)47-43-39-35-31-28-27-29-33-37-41-45-51(3)4/h51-52H,5-50H2,1-4H3/t52-/m1/s1. The van der Waals surface area contributed by atoms with Gasteiger partial charge in [0.15, 0.2) is 6.10 Å². The Kier molecular flexibility index (Phi) is 48.1. The molecule has 0 aliphatic rings. The topological polar surface area (TPSA) is 78.9 Å². The van der Waals surface area contributed by atoms with Gasteiger partial charge < -0.3 is 14.2 Å². The fourth-order valence-corrected chi connectivity index (χ4v) is 8.39. The molecule has 0 amide bonds. The van der Waals surface area contributed by atoms with Crippen LogP contribution in [0.2, 0.25) is 0 Å². The summed E-state index contributed by atoms with van der Waals surface area (Å²) in [4.78, 5) is 38.0. The second-order valence-corrected chi connectivity index (χ2v) is 19.3. The Morgan fingerprint density at radius 1 is 0.311 bits per heavy atom. The first-order chi connectivity index (χ1) is 29.9. The molecule has 0 spiro atoms. The molecule has 0 saturated carbocycles. The Morgan fingerprint density at radius 3 is 0.803 bits per heavy atom. The number of carbonyl (C=O) groups excluding carboxylic acids is 3. The highest BCUT2D eigenvalue weighted by Gasteiger charge is 2.19. The Labute approximate surface area is 380 Å². The Hall–Kier alpha value is -1.59. The van der Waals surface area contributed by atoms with Crippen LogP contribution in [0.25, 0.3) is 0 Å². The molecule has 0 unspecified atom stereocenters. The summed E-state index contributed by atoms with van der Waals surface area (Å²) in [6.45, 7) is 9.03. The largest absolute Gasteiger partial charge is 0.462 e. The van der Waals surface area contributed by atoms with Gasteiger partial charge in [-0.3, -0.25) is 14.4 Å². The minimum atomic E-state index is -0.761. The van der Waals surface area contributed by atoms with E-state index >= 15 is 0 Å². The second kappa shape index (κ2) is 49.4. The number of unbranched alkanes of at least 4 members (excludes halogenated alkanes) is 37. The maximum atomic E-state index is 12.8. The Bertz CT molecular complexity index is 918. The molecule has 0 heterocycles. The monoisotopic (exact) mass is 863 g/mol. The molecule has 0 aromatic carbocycles. The lowest BCUT2D eigenvalue weighted by atomic mass is 10.0. The number of ether oxygens (including phenoxy) is 3. The molecule has 6 nitrogen and oxygen atoms in total. The van der Waals surface area contributed by atoms with E-state index in [-0.39, 0.29) is 31.1 Å². The van der Waals surface area contributed by atoms with Crippen molar-refractivity contribution in [3.05, 3.63) is 0 Å². The van der Waals surface area contributed by atoms with Crippen LogP contribution < -0.4 is 0 Å². The van der Waals surface area contributed by atoms with Crippen LogP contribution in [-0.2, 0) is 28.6 Å². The normalized spacial score (nSPS) is 12.0. The van der Waals surface area contributed by atoms with Crippen molar-refractivity contribution in [2.75, 3.05) is 13.2 Å². The van der Waals surface area contributed by atoms with E-state index in [1.165, 1.54) is 205 Å². The average Bonchev–Trinajstić information content (AvgIpc) is 3.24. The molecule has 1 atom stereocenters. The quantitative estimate of drug-likeness (QED) is 0.0344. The minimum Gasteiger partial charge on any atom is -0.462 e. The summed E-state index contributed by atoms with van der Waals surface area (Å²) < 4.78 is 16.8. The zero-order chi connectivity index (χ0) is 44.5. The second-order valence-electron chi connectivity index (χ2n) is 19.3. The first-order valence-corrected chi connectivity index (χ1v) is 27.4. The zero-order valence-corrected chi connectivity index (χ0v) is 41.6. The van der Waals surface area contributed by atoms with E-state index in [2.05, 4.69) is 27.7 Å². The van der Waals surface area contributed by atoms with E-state index in [4.69, 9.17) is 14.2 Å². The fourth-order valence-electron chi connectivity index (χ4n) is 8.39. The molecule has 0 bridgehead atoms. The van der Waals surface area contributed by atoms with E-state index in [1.807, 2.05) is 0 Å². The molecule has 0 fully saturated rings. The molecular formula is C55H106O6. The minimum absolute atomic E-state index is 0.0624. The molecule has 0 aromatic rings. The maximum Gasteiger partial charge on any atom is 0.306 e. The van der Waals surface area contributed by atoms with Crippen molar-refractivity contribution >= 4 is 17.9 Å². The zero-order valence-electron chi connectivity index (χ0n) is 41.6. The highest BCUT2D eigenvalue weighted by atomic mass is 16.6. The van der Waals surface area contributed by atoms with Crippen molar-refractivity contribution in [2.24, 2.45) is 5.92 Å². The number of carbonyl (C=O) groups is 3.